The predicted molar refractivity (Wildman–Crippen MR) is 79.8 cm³/mol. The lowest BCUT2D eigenvalue weighted by atomic mass is 10.3. The summed E-state index contributed by atoms with van der Waals surface area (Å²) in [7, 11) is -3.50. The molecule has 0 saturated heterocycles. The maximum atomic E-state index is 10.6. The van der Waals surface area contributed by atoms with Gasteiger partial charge in [-0.15, -0.1) is 0 Å². The molecule has 1 aromatic carbocycles. The van der Waals surface area contributed by atoms with Crippen molar-refractivity contribution in [1.82, 2.24) is 0 Å². The number of primary sulfonamides is 1. The molecule has 0 aliphatic carbocycles. The third-order valence-corrected chi connectivity index (χ3v) is 3.23. The molecule has 1 rings (SSSR count). The fourth-order valence-electron chi connectivity index (χ4n) is 1.43. The molecule has 0 aliphatic heterocycles. The molecular weight excluding hydrogens is 278 g/mol. The number of sulfonamides is 1. The van der Waals surface area contributed by atoms with Gasteiger partial charge in [-0.2, -0.15) is 0 Å². The fourth-order valence-corrected chi connectivity index (χ4v) is 1.97. The van der Waals surface area contributed by atoms with Gasteiger partial charge in [-0.05, 0) is 32.4 Å². The second kappa shape index (κ2) is 10.8. The number of nitrogens with two attached hydrogens (primary N) is 1. The van der Waals surface area contributed by atoms with Gasteiger partial charge in [-0.1, -0.05) is 31.5 Å². The highest BCUT2D eigenvalue weighted by molar-refractivity contribution is 7.89. The van der Waals surface area contributed by atoms with Crippen LogP contribution in [0, 0.1) is 0 Å². The average Bonchev–Trinajstić information content (AvgIpc) is 2.40. The van der Waals surface area contributed by atoms with Crippen LogP contribution in [0.3, 0.4) is 0 Å². The summed E-state index contributed by atoms with van der Waals surface area (Å²) in [5, 5.41) is 4.83. The third kappa shape index (κ3) is 9.03. The average molecular weight is 303 g/mol. The van der Waals surface area contributed by atoms with E-state index in [1.54, 1.807) is 18.2 Å². The van der Waals surface area contributed by atoms with Crippen LogP contribution in [-0.4, -0.2) is 27.9 Å². The minimum Gasteiger partial charge on any atom is -0.353 e. The zero-order chi connectivity index (χ0) is 15.4. The van der Waals surface area contributed by atoms with E-state index in [9.17, 15) is 8.42 Å². The van der Waals surface area contributed by atoms with Crippen LogP contribution in [0.1, 0.15) is 33.6 Å². The Labute approximate surface area is 122 Å². The minimum absolute atomic E-state index is 0.0278. The van der Waals surface area contributed by atoms with Crippen LogP contribution in [0.4, 0.5) is 0 Å². The van der Waals surface area contributed by atoms with Gasteiger partial charge in [-0.25, -0.2) is 13.6 Å². The SMILES string of the molecule is CCCC(OCC)OCC.NS(=O)(=O)c1ccccc1. The van der Waals surface area contributed by atoms with E-state index in [1.165, 1.54) is 12.1 Å². The molecular formula is C14H25NO4S. The Hall–Kier alpha value is -0.950. The Kier molecular flexibility index (Phi) is 10.3. The first kappa shape index (κ1) is 19.1. The van der Waals surface area contributed by atoms with Gasteiger partial charge in [0.15, 0.2) is 6.29 Å². The monoisotopic (exact) mass is 303 g/mol. The minimum atomic E-state index is -3.50. The maximum absolute atomic E-state index is 10.6. The first-order chi connectivity index (χ1) is 9.45. The van der Waals surface area contributed by atoms with Crippen LogP contribution >= 0.6 is 0 Å². The quantitative estimate of drug-likeness (QED) is 0.785. The molecule has 116 valence electrons. The van der Waals surface area contributed by atoms with Crippen molar-refractivity contribution in [3.8, 4) is 0 Å². The number of hydrogen-bond donors (Lipinski definition) is 1. The summed E-state index contributed by atoms with van der Waals surface area (Å²) in [6, 6.07) is 7.89. The van der Waals surface area contributed by atoms with Gasteiger partial charge < -0.3 is 9.47 Å². The zero-order valence-electron chi connectivity index (χ0n) is 12.4. The predicted octanol–water partition coefficient (Wildman–Crippen LogP) is 2.52. The van der Waals surface area contributed by atoms with E-state index in [1.807, 2.05) is 13.8 Å². The molecule has 0 atom stereocenters. The van der Waals surface area contributed by atoms with Crippen molar-refractivity contribution in [2.75, 3.05) is 13.2 Å². The molecule has 0 fully saturated rings. The van der Waals surface area contributed by atoms with Crippen molar-refractivity contribution in [2.24, 2.45) is 5.14 Å². The summed E-state index contributed by atoms with van der Waals surface area (Å²) < 4.78 is 31.8. The number of rotatable bonds is 7. The van der Waals surface area contributed by atoms with Crippen molar-refractivity contribution < 1.29 is 17.9 Å². The molecule has 0 saturated carbocycles. The molecule has 1 aromatic rings. The first-order valence-electron chi connectivity index (χ1n) is 6.76. The highest BCUT2D eigenvalue weighted by Gasteiger charge is 2.04. The van der Waals surface area contributed by atoms with Crippen molar-refractivity contribution in [3.63, 3.8) is 0 Å². The summed E-state index contributed by atoms with van der Waals surface area (Å²) in [5.41, 5.74) is 0. The summed E-state index contributed by atoms with van der Waals surface area (Å²) >= 11 is 0. The molecule has 0 spiro atoms. The fraction of sp³-hybridized carbons (Fsp3) is 0.571. The first-order valence-corrected chi connectivity index (χ1v) is 8.31. The molecule has 6 heteroatoms. The van der Waals surface area contributed by atoms with Crippen LogP contribution in [0.5, 0.6) is 0 Å². The van der Waals surface area contributed by atoms with Crippen LogP contribution in [-0.2, 0) is 19.5 Å². The molecule has 0 heterocycles. The van der Waals surface area contributed by atoms with E-state index in [0.717, 1.165) is 26.1 Å². The standard InChI is InChI=1S/C8H18O2.C6H7NO2S/c1-4-7-8(9-5-2)10-6-3;7-10(8,9)6-4-2-1-3-5-6/h8H,4-7H2,1-3H3;1-5H,(H2,7,8,9). The maximum Gasteiger partial charge on any atom is 0.238 e. The molecule has 0 amide bonds. The van der Waals surface area contributed by atoms with E-state index in [-0.39, 0.29) is 11.2 Å². The van der Waals surface area contributed by atoms with Gasteiger partial charge in [0.1, 0.15) is 0 Å². The number of benzene rings is 1. The highest BCUT2D eigenvalue weighted by Crippen LogP contribution is 2.03. The molecule has 2 N–H and O–H groups in total. The molecule has 0 radical (unpaired) electrons. The second-order valence-electron chi connectivity index (χ2n) is 3.99. The molecule has 0 aliphatic rings. The van der Waals surface area contributed by atoms with Crippen molar-refractivity contribution >= 4 is 10.0 Å². The van der Waals surface area contributed by atoms with Crippen molar-refractivity contribution in [3.05, 3.63) is 30.3 Å². The number of ether oxygens (including phenoxy) is 2. The van der Waals surface area contributed by atoms with E-state index in [0.29, 0.717) is 0 Å². The normalized spacial score (nSPS) is 11.1. The van der Waals surface area contributed by atoms with Crippen LogP contribution in [0.25, 0.3) is 0 Å². The van der Waals surface area contributed by atoms with Gasteiger partial charge in [-0.3, -0.25) is 0 Å². The third-order valence-electron chi connectivity index (χ3n) is 2.30. The van der Waals surface area contributed by atoms with Gasteiger partial charge in [0.05, 0.1) is 4.90 Å². The Bertz CT molecular complexity index is 419. The number of hydrogen-bond acceptors (Lipinski definition) is 4. The van der Waals surface area contributed by atoms with E-state index in [4.69, 9.17) is 14.6 Å². The summed E-state index contributed by atoms with van der Waals surface area (Å²) in [4.78, 5) is 0.148. The Morgan fingerprint density at radius 1 is 1.05 bits per heavy atom. The lowest BCUT2D eigenvalue weighted by molar-refractivity contribution is -0.139. The van der Waals surface area contributed by atoms with Gasteiger partial charge >= 0.3 is 0 Å². The summed E-state index contributed by atoms with van der Waals surface area (Å²) in [5.74, 6) is 0. The van der Waals surface area contributed by atoms with Crippen molar-refractivity contribution in [1.29, 1.82) is 0 Å². The van der Waals surface area contributed by atoms with Gasteiger partial charge in [0.25, 0.3) is 0 Å². The molecule has 20 heavy (non-hydrogen) atoms. The zero-order valence-corrected chi connectivity index (χ0v) is 13.2. The smallest absolute Gasteiger partial charge is 0.238 e. The second-order valence-corrected chi connectivity index (χ2v) is 5.55. The van der Waals surface area contributed by atoms with Crippen molar-refractivity contribution in [2.45, 2.75) is 44.8 Å². The van der Waals surface area contributed by atoms with Crippen LogP contribution < -0.4 is 5.14 Å². The van der Waals surface area contributed by atoms with E-state index in [2.05, 4.69) is 6.92 Å². The summed E-state index contributed by atoms with van der Waals surface area (Å²) in [6.45, 7) is 7.59. The largest absolute Gasteiger partial charge is 0.353 e. The lowest BCUT2D eigenvalue weighted by Gasteiger charge is -2.15. The van der Waals surface area contributed by atoms with Gasteiger partial charge in [0, 0.05) is 13.2 Å². The Morgan fingerprint density at radius 3 is 1.85 bits per heavy atom. The molecule has 0 unspecified atom stereocenters. The molecule has 0 aromatic heterocycles. The topological polar surface area (TPSA) is 78.6 Å². The lowest BCUT2D eigenvalue weighted by Crippen LogP contribution is -2.16. The van der Waals surface area contributed by atoms with Crippen LogP contribution in [0.15, 0.2) is 35.2 Å². The van der Waals surface area contributed by atoms with E-state index >= 15 is 0 Å². The van der Waals surface area contributed by atoms with E-state index < -0.39 is 10.0 Å². The highest BCUT2D eigenvalue weighted by atomic mass is 32.2. The molecule has 5 nitrogen and oxygen atoms in total. The molecule has 0 bridgehead atoms. The Morgan fingerprint density at radius 2 is 1.55 bits per heavy atom. The Balaban J connectivity index is 0.000000361. The summed E-state index contributed by atoms with van der Waals surface area (Å²) in [6.07, 6.45) is 2.15. The van der Waals surface area contributed by atoms with Gasteiger partial charge in [0.2, 0.25) is 10.0 Å². The van der Waals surface area contributed by atoms with Crippen LogP contribution in [0.2, 0.25) is 0 Å².